The predicted octanol–water partition coefficient (Wildman–Crippen LogP) is 5.78. The van der Waals surface area contributed by atoms with Crippen molar-refractivity contribution >= 4 is 0 Å². The lowest BCUT2D eigenvalue weighted by Gasteiger charge is -2.48. The fourth-order valence-electron chi connectivity index (χ4n) is 5.87. The Morgan fingerprint density at radius 1 is 0.696 bits per heavy atom. The highest BCUT2D eigenvalue weighted by atomic mass is 15.2. The van der Waals surface area contributed by atoms with Crippen molar-refractivity contribution in [3.05, 3.63) is 0 Å². The van der Waals surface area contributed by atoms with Crippen molar-refractivity contribution < 1.29 is 0 Å². The van der Waals surface area contributed by atoms with Gasteiger partial charge in [0.15, 0.2) is 0 Å². The molecule has 0 saturated heterocycles. The molecule has 0 aromatic heterocycles. The summed E-state index contributed by atoms with van der Waals surface area (Å²) in [6, 6.07) is 1.59. The van der Waals surface area contributed by atoms with Crippen LogP contribution in [0.25, 0.3) is 0 Å². The van der Waals surface area contributed by atoms with Gasteiger partial charge in [0.1, 0.15) is 0 Å². The number of hydrogen-bond donors (Lipinski definition) is 0. The molecule has 23 heavy (non-hydrogen) atoms. The van der Waals surface area contributed by atoms with Crippen LogP contribution in [0.15, 0.2) is 0 Å². The van der Waals surface area contributed by atoms with E-state index in [-0.39, 0.29) is 0 Å². The van der Waals surface area contributed by atoms with Gasteiger partial charge < -0.3 is 0 Å². The Morgan fingerprint density at radius 3 is 1.57 bits per heavy atom. The van der Waals surface area contributed by atoms with Gasteiger partial charge in [0.2, 0.25) is 0 Å². The maximum absolute atomic E-state index is 5.84. The summed E-state index contributed by atoms with van der Waals surface area (Å²) < 4.78 is 0. The first kappa shape index (κ1) is 17.3. The molecule has 3 aliphatic rings. The van der Waals surface area contributed by atoms with Crippen LogP contribution in [0.5, 0.6) is 0 Å². The van der Waals surface area contributed by atoms with E-state index < -0.39 is 0 Å². The third kappa shape index (κ3) is 4.54. The zero-order valence-electron chi connectivity index (χ0n) is 15.1. The fraction of sp³-hybridized carbons (Fsp3) is 0.909. The average molecular weight is 316 g/mol. The maximum Gasteiger partial charge on any atom is 0.0604 e. The van der Waals surface area contributed by atoms with Crippen LogP contribution in [0.3, 0.4) is 0 Å². The third-order valence-electron chi connectivity index (χ3n) is 6.97. The van der Waals surface area contributed by atoms with E-state index in [9.17, 15) is 0 Å². The largest absolute Gasteiger partial charge is 0.286 e. The highest BCUT2D eigenvalue weighted by Gasteiger charge is 2.38. The second-order valence-corrected chi connectivity index (χ2v) is 8.46. The second-order valence-electron chi connectivity index (χ2n) is 8.46. The predicted molar refractivity (Wildman–Crippen MR) is 99.4 cm³/mol. The molecule has 3 fully saturated rings. The average Bonchev–Trinajstić information content (AvgIpc) is 2.64. The molecule has 0 bridgehead atoms. The lowest BCUT2D eigenvalue weighted by atomic mass is 9.72. The van der Waals surface area contributed by atoms with Crippen molar-refractivity contribution in [3.8, 4) is 12.3 Å². The van der Waals surface area contributed by atoms with Crippen LogP contribution in [0, 0.1) is 24.2 Å². The summed E-state index contributed by atoms with van der Waals surface area (Å²) >= 11 is 0. The van der Waals surface area contributed by atoms with Gasteiger partial charge in [0, 0.05) is 12.1 Å². The zero-order valence-corrected chi connectivity index (χ0v) is 15.1. The van der Waals surface area contributed by atoms with E-state index in [1.165, 1.54) is 96.3 Å². The smallest absolute Gasteiger partial charge is 0.0604 e. The molecular formula is C22H37N. The summed E-state index contributed by atoms with van der Waals surface area (Å²) in [4.78, 5) is 2.85. The normalized spacial score (nSPS) is 25.8. The van der Waals surface area contributed by atoms with Gasteiger partial charge >= 0.3 is 0 Å². The summed E-state index contributed by atoms with van der Waals surface area (Å²) in [5, 5.41) is 0. The van der Waals surface area contributed by atoms with Gasteiger partial charge in [-0.05, 0) is 50.4 Å². The molecule has 130 valence electrons. The lowest BCUT2D eigenvalue weighted by Crippen LogP contribution is -2.52. The molecular weight excluding hydrogens is 278 g/mol. The van der Waals surface area contributed by atoms with Crippen LogP contribution in [0.2, 0.25) is 0 Å². The number of hydrogen-bond acceptors (Lipinski definition) is 1. The molecule has 0 aliphatic heterocycles. The van der Waals surface area contributed by atoms with E-state index in [4.69, 9.17) is 6.42 Å². The molecule has 0 atom stereocenters. The zero-order chi connectivity index (χ0) is 15.9. The molecule has 3 aliphatic carbocycles. The first-order valence-corrected chi connectivity index (χ1v) is 10.6. The minimum Gasteiger partial charge on any atom is -0.286 e. The van der Waals surface area contributed by atoms with Gasteiger partial charge in [-0.1, -0.05) is 63.7 Å². The highest BCUT2D eigenvalue weighted by Crippen LogP contribution is 2.40. The number of nitrogens with zero attached hydrogens (tertiary/aromatic N) is 1. The van der Waals surface area contributed by atoms with Gasteiger partial charge in [-0.2, -0.15) is 0 Å². The molecule has 0 spiro atoms. The Bertz CT molecular complexity index is 346. The Kier molecular flexibility index (Phi) is 6.88. The van der Waals surface area contributed by atoms with Crippen LogP contribution in [-0.2, 0) is 0 Å². The molecule has 3 rings (SSSR count). The molecule has 0 radical (unpaired) electrons. The van der Waals surface area contributed by atoms with Gasteiger partial charge in [-0.25, -0.2) is 0 Å². The van der Waals surface area contributed by atoms with E-state index in [0.29, 0.717) is 0 Å². The molecule has 0 aromatic rings. The van der Waals surface area contributed by atoms with E-state index in [2.05, 4.69) is 10.8 Å². The molecule has 3 saturated carbocycles. The molecule has 0 unspecified atom stereocenters. The summed E-state index contributed by atoms with van der Waals surface area (Å²) in [6.45, 7) is 0.905. The minimum absolute atomic E-state index is 0.786. The first-order valence-electron chi connectivity index (χ1n) is 10.6. The third-order valence-corrected chi connectivity index (χ3v) is 6.97. The Morgan fingerprint density at radius 2 is 1.13 bits per heavy atom. The van der Waals surface area contributed by atoms with Gasteiger partial charge in [-0.15, -0.1) is 6.42 Å². The van der Waals surface area contributed by atoms with Crippen LogP contribution in [0.1, 0.15) is 96.3 Å². The summed E-state index contributed by atoms with van der Waals surface area (Å²) in [6.07, 6.45) is 27.6. The van der Waals surface area contributed by atoms with Crippen LogP contribution >= 0.6 is 0 Å². The van der Waals surface area contributed by atoms with Crippen molar-refractivity contribution in [1.82, 2.24) is 4.90 Å². The summed E-state index contributed by atoms with van der Waals surface area (Å²) in [5.74, 6) is 4.91. The molecule has 0 N–H and O–H groups in total. The topological polar surface area (TPSA) is 3.24 Å². The van der Waals surface area contributed by atoms with Gasteiger partial charge in [0.25, 0.3) is 0 Å². The molecule has 0 heterocycles. The molecule has 0 amide bonds. The highest BCUT2D eigenvalue weighted by molar-refractivity contribution is 4.98. The Hall–Kier alpha value is -0.480. The van der Waals surface area contributed by atoms with Crippen LogP contribution < -0.4 is 0 Å². The second kappa shape index (κ2) is 9.12. The van der Waals surface area contributed by atoms with E-state index >= 15 is 0 Å². The van der Waals surface area contributed by atoms with Crippen LogP contribution in [-0.4, -0.2) is 23.5 Å². The fourth-order valence-corrected chi connectivity index (χ4v) is 5.87. The van der Waals surface area contributed by atoms with Gasteiger partial charge in [-0.3, -0.25) is 4.90 Å². The summed E-state index contributed by atoms with van der Waals surface area (Å²) in [5.41, 5.74) is 0. The molecule has 0 aromatic carbocycles. The first-order chi connectivity index (χ1) is 11.4. The number of rotatable bonds is 5. The van der Waals surface area contributed by atoms with Crippen molar-refractivity contribution in [2.45, 2.75) is 108 Å². The Balaban J connectivity index is 1.78. The maximum atomic E-state index is 5.84. The molecule has 1 heteroatoms. The summed E-state index contributed by atoms with van der Waals surface area (Å²) in [7, 11) is 0. The van der Waals surface area contributed by atoms with Gasteiger partial charge in [0.05, 0.1) is 6.54 Å². The molecule has 1 nitrogen and oxygen atoms in total. The number of terminal acetylenes is 1. The lowest BCUT2D eigenvalue weighted by molar-refractivity contribution is 0.0206. The van der Waals surface area contributed by atoms with Crippen molar-refractivity contribution in [1.29, 1.82) is 0 Å². The Labute approximate surface area is 144 Å². The standard InChI is InChI=1S/C22H37N/c1-2-18-23(21-16-10-5-11-17-21)22(19-12-6-3-7-13-19)20-14-8-4-9-15-20/h1,19-22H,3-18H2. The van der Waals surface area contributed by atoms with E-state index in [1.807, 2.05) is 0 Å². The van der Waals surface area contributed by atoms with E-state index in [1.54, 1.807) is 0 Å². The monoisotopic (exact) mass is 315 g/mol. The van der Waals surface area contributed by atoms with Crippen molar-refractivity contribution in [3.63, 3.8) is 0 Å². The minimum atomic E-state index is 0.786. The quantitative estimate of drug-likeness (QED) is 0.581. The van der Waals surface area contributed by atoms with Crippen LogP contribution in [0.4, 0.5) is 0 Å². The SMILES string of the molecule is C#CCN(C1CCCCC1)C(C1CCCCC1)C1CCCCC1. The van der Waals surface area contributed by atoms with Crippen molar-refractivity contribution in [2.24, 2.45) is 11.8 Å². The van der Waals surface area contributed by atoms with Crippen molar-refractivity contribution in [2.75, 3.05) is 6.54 Å². The van der Waals surface area contributed by atoms with E-state index in [0.717, 1.165) is 30.5 Å².